The van der Waals surface area contributed by atoms with Crippen LogP contribution in [-0.4, -0.2) is 27.6 Å². The first kappa shape index (κ1) is 14.6. The average molecular weight is 291 g/mol. The zero-order valence-corrected chi connectivity index (χ0v) is 11.3. The molecule has 0 aromatic carbocycles. The normalized spacial score (nSPS) is 10.2. The first-order chi connectivity index (χ1) is 10.1. The van der Waals surface area contributed by atoms with Crippen LogP contribution in [-0.2, 0) is 0 Å². The largest absolute Gasteiger partial charge is 0.368 e. The maximum Gasteiger partial charge on any atom is 0.264 e. The van der Waals surface area contributed by atoms with Gasteiger partial charge in [-0.25, -0.2) is 14.5 Å². The van der Waals surface area contributed by atoms with Gasteiger partial charge in [0.25, 0.3) is 11.5 Å². The molecule has 21 heavy (non-hydrogen) atoms. The average Bonchev–Trinajstić information content (AvgIpc) is 2.48. The SMILES string of the molecule is CCCNc1nccc(C(=O)Nc2ccc(=O)[nH]n2)c1F. The molecule has 0 bridgehead atoms. The van der Waals surface area contributed by atoms with Gasteiger partial charge in [0.05, 0.1) is 5.56 Å². The Morgan fingerprint density at radius 3 is 2.86 bits per heavy atom. The summed E-state index contributed by atoms with van der Waals surface area (Å²) in [5.74, 6) is -1.25. The van der Waals surface area contributed by atoms with E-state index in [9.17, 15) is 14.0 Å². The number of aromatic nitrogens is 3. The van der Waals surface area contributed by atoms with Crippen LogP contribution in [0.3, 0.4) is 0 Å². The molecule has 2 heterocycles. The highest BCUT2D eigenvalue weighted by molar-refractivity contribution is 6.04. The van der Waals surface area contributed by atoms with Crippen molar-refractivity contribution in [3.05, 3.63) is 46.1 Å². The van der Waals surface area contributed by atoms with Crippen molar-refractivity contribution >= 4 is 17.5 Å². The lowest BCUT2D eigenvalue weighted by Crippen LogP contribution is -2.18. The number of anilines is 2. The van der Waals surface area contributed by atoms with Gasteiger partial charge in [-0.1, -0.05) is 6.92 Å². The summed E-state index contributed by atoms with van der Waals surface area (Å²) in [7, 11) is 0. The van der Waals surface area contributed by atoms with Gasteiger partial charge in [-0.3, -0.25) is 9.59 Å². The van der Waals surface area contributed by atoms with Crippen LogP contribution in [0.1, 0.15) is 23.7 Å². The van der Waals surface area contributed by atoms with E-state index in [1.165, 1.54) is 24.4 Å². The van der Waals surface area contributed by atoms with Gasteiger partial charge in [0.15, 0.2) is 17.5 Å². The summed E-state index contributed by atoms with van der Waals surface area (Å²) in [6.07, 6.45) is 2.15. The highest BCUT2D eigenvalue weighted by atomic mass is 19.1. The monoisotopic (exact) mass is 291 g/mol. The maximum atomic E-state index is 14.1. The van der Waals surface area contributed by atoms with Crippen molar-refractivity contribution in [2.24, 2.45) is 0 Å². The number of hydrogen-bond acceptors (Lipinski definition) is 5. The van der Waals surface area contributed by atoms with Crippen LogP contribution in [0.5, 0.6) is 0 Å². The molecule has 3 N–H and O–H groups in total. The zero-order valence-electron chi connectivity index (χ0n) is 11.3. The summed E-state index contributed by atoms with van der Waals surface area (Å²) in [5, 5.41) is 11.0. The van der Waals surface area contributed by atoms with Gasteiger partial charge in [0.1, 0.15) is 0 Å². The van der Waals surface area contributed by atoms with Gasteiger partial charge < -0.3 is 10.6 Å². The third-order valence-electron chi connectivity index (χ3n) is 2.60. The van der Waals surface area contributed by atoms with Crippen molar-refractivity contribution in [2.75, 3.05) is 17.2 Å². The van der Waals surface area contributed by atoms with Gasteiger partial charge in [0.2, 0.25) is 0 Å². The number of carbonyl (C=O) groups is 1. The van der Waals surface area contributed by atoms with Crippen LogP contribution in [0, 0.1) is 5.82 Å². The lowest BCUT2D eigenvalue weighted by atomic mass is 10.2. The predicted molar refractivity (Wildman–Crippen MR) is 75.8 cm³/mol. The molecular formula is C13H14FN5O2. The van der Waals surface area contributed by atoms with Crippen molar-refractivity contribution in [3.63, 3.8) is 0 Å². The van der Waals surface area contributed by atoms with Crippen LogP contribution in [0.25, 0.3) is 0 Å². The minimum atomic E-state index is -0.729. The van der Waals surface area contributed by atoms with E-state index in [0.29, 0.717) is 6.54 Å². The van der Waals surface area contributed by atoms with Crippen LogP contribution < -0.4 is 16.2 Å². The Morgan fingerprint density at radius 1 is 1.38 bits per heavy atom. The van der Waals surface area contributed by atoms with Crippen LogP contribution >= 0.6 is 0 Å². The standard InChI is InChI=1S/C13H14FN5O2/c1-2-6-15-12-11(14)8(5-7-16-12)13(21)17-9-3-4-10(20)19-18-9/h3-5,7H,2,6H2,1H3,(H,15,16)(H,19,20)(H,17,18,21). The second-order valence-electron chi connectivity index (χ2n) is 4.21. The number of amides is 1. The highest BCUT2D eigenvalue weighted by Gasteiger charge is 2.16. The number of aromatic amines is 1. The van der Waals surface area contributed by atoms with Gasteiger partial charge in [-0.15, -0.1) is 0 Å². The van der Waals surface area contributed by atoms with E-state index in [1.54, 1.807) is 0 Å². The Labute approximate surface area is 119 Å². The number of nitrogens with zero attached hydrogens (tertiary/aromatic N) is 2. The number of nitrogens with one attached hydrogen (secondary N) is 3. The Kier molecular flexibility index (Phi) is 4.60. The Bertz CT molecular complexity index is 681. The van der Waals surface area contributed by atoms with E-state index < -0.39 is 17.3 Å². The first-order valence-electron chi connectivity index (χ1n) is 6.37. The molecule has 0 fully saturated rings. The smallest absolute Gasteiger partial charge is 0.264 e. The number of rotatable bonds is 5. The fourth-order valence-corrected chi connectivity index (χ4v) is 1.58. The van der Waals surface area contributed by atoms with Crippen molar-refractivity contribution < 1.29 is 9.18 Å². The molecule has 7 nitrogen and oxygen atoms in total. The molecule has 2 aromatic heterocycles. The minimum absolute atomic E-state index is 0.0268. The Hall–Kier alpha value is -2.77. The number of H-pyrrole nitrogens is 1. The van der Waals surface area contributed by atoms with Gasteiger partial charge in [-0.2, -0.15) is 5.10 Å². The molecule has 110 valence electrons. The maximum absolute atomic E-state index is 14.1. The molecule has 1 amide bonds. The molecule has 0 atom stereocenters. The molecule has 0 aliphatic carbocycles. The molecule has 0 radical (unpaired) electrons. The minimum Gasteiger partial charge on any atom is -0.368 e. The van der Waals surface area contributed by atoms with Crippen LogP contribution in [0.2, 0.25) is 0 Å². The lowest BCUT2D eigenvalue weighted by molar-refractivity contribution is 0.102. The second kappa shape index (κ2) is 6.60. The third kappa shape index (κ3) is 3.62. The summed E-state index contributed by atoms with van der Waals surface area (Å²) in [5.41, 5.74) is -0.550. The van der Waals surface area contributed by atoms with Gasteiger partial charge in [-0.05, 0) is 18.6 Å². The van der Waals surface area contributed by atoms with Crippen molar-refractivity contribution in [3.8, 4) is 0 Å². The van der Waals surface area contributed by atoms with E-state index in [1.807, 2.05) is 6.92 Å². The summed E-state index contributed by atoms with van der Waals surface area (Å²) < 4.78 is 14.1. The number of pyridine rings is 1. The predicted octanol–water partition coefficient (Wildman–Crippen LogP) is 1.38. The molecule has 2 aromatic rings. The zero-order chi connectivity index (χ0) is 15.2. The van der Waals surface area contributed by atoms with Crippen molar-refractivity contribution in [2.45, 2.75) is 13.3 Å². The van der Waals surface area contributed by atoms with Gasteiger partial charge in [0, 0.05) is 18.8 Å². The lowest BCUT2D eigenvalue weighted by Gasteiger charge is -2.09. The van der Waals surface area contributed by atoms with E-state index >= 15 is 0 Å². The topological polar surface area (TPSA) is 99.8 Å². The molecule has 0 saturated carbocycles. The fraction of sp³-hybridized carbons (Fsp3) is 0.231. The summed E-state index contributed by atoms with van der Waals surface area (Å²) in [4.78, 5) is 26.7. The second-order valence-corrected chi connectivity index (χ2v) is 4.21. The summed E-state index contributed by atoms with van der Waals surface area (Å²) in [6.45, 7) is 2.49. The fourth-order valence-electron chi connectivity index (χ4n) is 1.58. The third-order valence-corrected chi connectivity index (χ3v) is 2.60. The van der Waals surface area contributed by atoms with Crippen molar-refractivity contribution in [1.29, 1.82) is 0 Å². The molecule has 0 unspecified atom stereocenters. The number of hydrogen-bond donors (Lipinski definition) is 3. The van der Waals surface area contributed by atoms with E-state index in [0.717, 1.165) is 6.42 Å². The van der Waals surface area contributed by atoms with E-state index in [2.05, 4.69) is 25.8 Å². The summed E-state index contributed by atoms with van der Waals surface area (Å²) >= 11 is 0. The van der Waals surface area contributed by atoms with Crippen LogP contribution in [0.15, 0.2) is 29.2 Å². The van der Waals surface area contributed by atoms with E-state index in [-0.39, 0.29) is 17.2 Å². The van der Waals surface area contributed by atoms with E-state index in [4.69, 9.17) is 0 Å². The molecule has 0 spiro atoms. The first-order valence-corrected chi connectivity index (χ1v) is 6.37. The Balaban J connectivity index is 2.18. The number of carbonyl (C=O) groups excluding carboxylic acids is 1. The molecule has 2 rings (SSSR count). The Morgan fingerprint density at radius 2 is 2.19 bits per heavy atom. The van der Waals surface area contributed by atoms with Crippen molar-refractivity contribution in [1.82, 2.24) is 15.2 Å². The summed E-state index contributed by atoms with van der Waals surface area (Å²) in [6, 6.07) is 3.80. The number of halogens is 1. The van der Waals surface area contributed by atoms with Gasteiger partial charge >= 0.3 is 0 Å². The molecular weight excluding hydrogens is 277 g/mol. The molecule has 0 aliphatic heterocycles. The quantitative estimate of drug-likeness (QED) is 0.772. The molecule has 0 aliphatic rings. The highest BCUT2D eigenvalue weighted by Crippen LogP contribution is 2.16. The molecule has 0 saturated heterocycles. The molecule has 8 heteroatoms. The van der Waals surface area contributed by atoms with Crippen LogP contribution in [0.4, 0.5) is 16.0 Å².